The molecule has 11 heteroatoms. The third-order valence-corrected chi connectivity index (χ3v) is 9.45. The lowest BCUT2D eigenvalue weighted by Gasteiger charge is -2.38. The van der Waals surface area contributed by atoms with Crippen molar-refractivity contribution >= 4 is 32.4 Å². The third kappa shape index (κ3) is 6.00. The Morgan fingerprint density at radius 2 is 1.76 bits per heavy atom. The molecule has 0 amide bonds. The molecule has 3 fully saturated rings. The summed E-state index contributed by atoms with van der Waals surface area (Å²) in [6.45, 7) is 3.47. The lowest BCUT2D eigenvalue weighted by Crippen LogP contribution is -2.45. The summed E-state index contributed by atoms with van der Waals surface area (Å²) in [6, 6.07) is 11.8. The number of allylic oxidation sites excluding steroid dienone is 1. The Labute approximate surface area is 246 Å². The van der Waals surface area contributed by atoms with Crippen LogP contribution in [-0.4, -0.2) is 52.1 Å². The van der Waals surface area contributed by atoms with Gasteiger partial charge in [0, 0.05) is 29.1 Å². The van der Waals surface area contributed by atoms with Gasteiger partial charge in [-0.3, -0.25) is 5.41 Å². The molecule has 42 heavy (non-hydrogen) atoms. The number of halogens is 3. The van der Waals surface area contributed by atoms with Crippen LogP contribution in [0, 0.1) is 11.3 Å². The Kier molecular flexibility index (Phi) is 7.47. The van der Waals surface area contributed by atoms with E-state index in [0.717, 1.165) is 59.4 Å². The molecule has 6 rings (SSSR count). The molecule has 3 N–H and O–H groups in total. The number of nitrogens with zero attached hydrogens (tertiary/aromatic N) is 2. The monoisotopic (exact) mass is 601 g/mol. The van der Waals surface area contributed by atoms with Gasteiger partial charge in [0.1, 0.15) is 11.5 Å². The number of aliphatic hydroxyl groups excluding tert-OH is 1. The van der Waals surface area contributed by atoms with Crippen molar-refractivity contribution in [3.05, 3.63) is 64.9 Å². The van der Waals surface area contributed by atoms with E-state index >= 15 is 0 Å². The topological polar surface area (TPSA) is 98.9 Å². The maximum atomic E-state index is 13.0. The van der Waals surface area contributed by atoms with E-state index in [2.05, 4.69) is 9.64 Å². The predicted molar refractivity (Wildman–Crippen MR) is 155 cm³/mol. The van der Waals surface area contributed by atoms with Gasteiger partial charge in [-0.05, 0) is 82.2 Å². The first-order chi connectivity index (χ1) is 19.9. The van der Waals surface area contributed by atoms with Gasteiger partial charge < -0.3 is 24.6 Å². The number of hydrogen-bond acceptors (Lipinski definition) is 8. The number of aliphatic hydroxyl groups is 2. The zero-order chi connectivity index (χ0) is 29.8. The van der Waals surface area contributed by atoms with Crippen LogP contribution in [-0.2, 0) is 10.3 Å². The highest BCUT2D eigenvalue weighted by atomic mass is 32.1. The van der Waals surface area contributed by atoms with Crippen molar-refractivity contribution < 1.29 is 32.9 Å². The molecule has 1 aliphatic carbocycles. The second-order valence-corrected chi connectivity index (χ2v) is 13.0. The number of rotatable bonds is 9. The van der Waals surface area contributed by atoms with E-state index in [-0.39, 0.29) is 53.3 Å². The molecule has 2 unspecified atom stereocenters. The minimum Gasteiger partial charge on any atom is -0.512 e. The molecule has 224 valence electrons. The van der Waals surface area contributed by atoms with Crippen molar-refractivity contribution in [1.29, 1.82) is 5.41 Å². The number of benzene rings is 2. The fourth-order valence-electron chi connectivity index (χ4n) is 6.11. The van der Waals surface area contributed by atoms with Crippen LogP contribution in [0.25, 0.3) is 10.2 Å². The van der Waals surface area contributed by atoms with Crippen molar-refractivity contribution in [3.63, 3.8) is 0 Å². The van der Waals surface area contributed by atoms with Crippen LogP contribution >= 0.6 is 11.3 Å². The van der Waals surface area contributed by atoms with E-state index in [4.69, 9.17) is 15.1 Å². The Hall–Kier alpha value is -3.15. The highest BCUT2D eigenvalue weighted by molar-refractivity contribution is 7.22. The van der Waals surface area contributed by atoms with Crippen molar-refractivity contribution in [2.45, 2.75) is 82.5 Å². The maximum absolute atomic E-state index is 13.0. The molecule has 3 aromatic rings. The van der Waals surface area contributed by atoms with Crippen LogP contribution in [0.5, 0.6) is 5.75 Å². The average molecular weight is 602 g/mol. The van der Waals surface area contributed by atoms with Gasteiger partial charge in [0.15, 0.2) is 5.13 Å². The molecule has 7 nitrogen and oxygen atoms in total. The lowest BCUT2D eigenvalue weighted by atomic mass is 9.98. The normalized spacial score (nSPS) is 23.3. The first kappa shape index (κ1) is 28.9. The molecule has 3 aliphatic rings. The standard InChI is InChI=1S/C31H34F3N3O4S/c1-30(2,39)18-9-12-24-26(13-18)42-29(36-24)37-19-10-11-20(37)15-21(14-19)40-16-23(28(38)17-7-8-17)27(35)22-5-3-4-6-25(22)41-31(32,33)34/h3-6,9,12-13,17,19-21,35,38-39H,7-8,10-11,14-16H2,1-2H3/b28-23-,35-27?/t19-,20?,21?/m0/s1. The van der Waals surface area contributed by atoms with Crippen LogP contribution in [0.3, 0.4) is 0 Å². The number of ether oxygens (including phenoxy) is 2. The van der Waals surface area contributed by atoms with Gasteiger partial charge in [-0.15, -0.1) is 13.2 Å². The minimum absolute atomic E-state index is 0.0159. The Bertz CT molecular complexity index is 1510. The van der Waals surface area contributed by atoms with E-state index in [1.165, 1.54) is 18.2 Å². The largest absolute Gasteiger partial charge is 0.573 e. The third-order valence-electron chi connectivity index (χ3n) is 8.41. The van der Waals surface area contributed by atoms with Crippen molar-refractivity contribution in [3.8, 4) is 5.75 Å². The summed E-state index contributed by atoms with van der Waals surface area (Å²) in [5.74, 6) is -0.566. The molecular formula is C31H34F3N3O4S. The molecular weight excluding hydrogens is 567 g/mol. The maximum Gasteiger partial charge on any atom is 0.573 e. The number of para-hydroxylation sites is 1. The smallest absolute Gasteiger partial charge is 0.512 e. The van der Waals surface area contributed by atoms with Gasteiger partial charge >= 0.3 is 6.36 Å². The van der Waals surface area contributed by atoms with Gasteiger partial charge in [0.25, 0.3) is 0 Å². The summed E-state index contributed by atoms with van der Waals surface area (Å²) in [7, 11) is 0. The van der Waals surface area contributed by atoms with Gasteiger partial charge in [-0.2, -0.15) is 0 Å². The molecule has 1 saturated carbocycles. The van der Waals surface area contributed by atoms with E-state index in [1.54, 1.807) is 31.3 Å². The van der Waals surface area contributed by atoms with Crippen LogP contribution in [0.4, 0.5) is 18.3 Å². The van der Waals surface area contributed by atoms with Crippen LogP contribution < -0.4 is 9.64 Å². The first-order valence-corrected chi connectivity index (χ1v) is 15.1. The molecule has 2 aliphatic heterocycles. The zero-order valence-corrected chi connectivity index (χ0v) is 24.3. The molecule has 3 atom stereocenters. The second kappa shape index (κ2) is 10.8. The number of thiazole rings is 1. The molecule has 0 spiro atoms. The van der Waals surface area contributed by atoms with Crippen molar-refractivity contribution in [2.75, 3.05) is 11.5 Å². The van der Waals surface area contributed by atoms with Crippen LogP contribution in [0.2, 0.25) is 0 Å². The van der Waals surface area contributed by atoms with E-state index in [0.29, 0.717) is 0 Å². The summed E-state index contributed by atoms with van der Waals surface area (Å²) in [6.07, 6.45) is 0.0265. The quantitative estimate of drug-likeness (QED) is 0.177. The second-order valence-electron chi connectivity index (χ2n) is 12.0. The van der Waals surface area contributed by atoms with Crippen molar-refractivity contribution in [2.24, 2.45) is 5.92 Å². The molecule has 2 saturated heterocycles. The van der Waals surface area contributed by atoms with Gasteiger partial charge in [-0.25, -0.2) is 4.98 Å². The number of anilines is 1. The Morgan fingerprint density at radius 3 is 2.40 bits per heavy atom. The summed E-state index contributed by atoms with van der Waals surface area (Å²) in [5, 5.41) is 31.1. The first-order valence-electron chi connectivity index (χ1n) is 14.3. The highest BCUT2D eigenvalue weighted by Crippen LogP contribution is 2.44. The fraction of sp³-hybridized carbons (Fsp3) is 0.484. The average Bonchev–Trinajstić information content (AvgIpc) is 3.63. The number of fused-ring (bicyclic) bond motifs is 3. The van der Waals surface area contributed by atoms with Gasteiger partial charge in [0.05, 0.1) is 34.2 Å². The number of aromatic nitrogens is 1. The molecule has 2 bridgehead atoms. The SMILES string of the molecule is CC(C)(O)c1ccc2nc(N3C4CC[C@H]3CC(OC/C(C(=N)c3ccccc3OC(F)(F)F)=C(/O)C3CC3)C4)sc2c1. The molecule has 3 heterocycles. The van der Waals surface area contributed by atoms with Crippen LogP contribution in [0.1, 0.15) is 63.5 Å². The fourth-order valence-corrected chi connectivity index (χ4v) is 7.26. The Balaban J connectivity index is 1.17. The summed E-state index contributed by atoms with van der Waals surface area (Å²) in [4.78, 5) is 7.29. The molecule has 2 aromatic carbocycles. The summed E-state index contributed by atoms with van der Waals surface area (Å²) >= 11 is 1.62. The lowest BCUT2D eigenvalue weighted by molar-refractivity contribution is -0.274. The molecule has 1 aromatic heterocycles. The highest BCUT2D eigenvalue weighted by Gasteiger charge is 2.43. The number of alkyl halides is 3. The van der Waals surface area contributed by atoms with E-state index in [1.807, 2.05) is 18.2 Å². The van der Waals surface area contributed by atoms with Gasteiger partial charge in [0.2, 0.25) is 0 Å². The van der Waals surface area contributed by atoms with Gasteiger partial charge in [-0.1, -0.05) is 29.5 Å². The number of nitrogens with one attached hydrogen (secondary N) is 1. The minimum atomic E-state index is -4.90. The Morgan fingerprint density at radius 1 is 1.07 bits per heavy atom. The zero-order valence-electron chi connectivity index (χ0n) is 23.4. The number of hydrogen-bond donors (Lipinski definition) is 3. The summed E-state index contributed by atoms with van der Waals surface area (Å²) < 4.78 is 50.6. The van der Waals surface area contributed by atoms with E-state index < -0.39 is 17.7 Å². The predicted octanol–water partition coefficient (Wildman–Crippen LogP) is 7.23. The van der Waals surface area contributed by atoms with E-state index in [9.17, 15) is 23.4 Å². The number of piperidine rings is 1. The van der Waals surface area contributed by atoms with Crippen LogP contribution in [0.15, 0.2) is 53.8 Å². The van der Waals surface area contributed by atoms with Crippen molar-refractivity contribution in [1.82, 2.24) is 4.98 Å². The summed E-state index contributed by atoms with van der Waals surface area (Å²) in [5.41, 5.74) is 0.757. The molecule has 0 radical (unpaired) electrons.